The lowest BCUT2D eigenvalue weighted by molar-refractivity contribution is 0.0145. The number of hydrogen-bond acceptors (Lipinski definition) is 2. The van der Waals surface area contributed by atoms with Crippen LogP contribution in [0.5, 0.6) is 0 Å². The first-order chi connectivity index (χ1) is 9.70. The average Bonchev–Trinajstić information content (AvgIpc) is 2.61. The molecule has 0 aromatic heterocycles. The second-order valence-electron chi connectivity index (χ2n) is 6.79. The molecule has 0 radical (unpaired) electrons. The lowest BCUT2D eigenvalue weighted by Crippen LogP contribution is -2.31. The molecule has 0 spiro atoms. The molecule has 1 rings (SSSR count). The number of likely N-dealkylation sites (tertiary alicyclic amines) is 1. The SMILES string of the molecule is CCCCCCCCCC1(O)CCCN(CCC)CC1. The summed E-state index contributed by atoms with van der Waals surface area (Å²) in [6, 6.07) is 0. The molecule has 0 bridgehead atoms. The molecule has 1 unspecified atom stereocenters. The van der Waals surface area contributed by atoms with Crippen molar-refractivity contribution in [2.45, 2.75) is 96.5 Å². The molecule has 2 heteroatoms. The number of aliphatic hydroxyl groups is 1. The molecule has 0 saturated carbocycles. The Morgan fingerprint density at radius 3 is 2.25 bits per heavy atom. The zero-order chi connectivity index (χ0) is 14.7. The Morgan fingerprint density at radius 2 is 1.55 bits per heavy atom. The van der Waals surface area contributed by atoms with E-state index in [1.807, 2.05) is 0 Å². The van der Waals surface area contributed by atoms with Crippen LogP contribution in [0.25, 0.3) is 0 Å². The molecule has 0 aromatic carbocycles. The van der Waals surface area contributed by atoms with Crippen LogP contribution in [0.4, 0.5) is 0 Å². The van der Waals surface area contributed by atoms with Gasteiger partial charge in [0.05, 0.1) is 5.60 Å². The molecule has 1 atom stereocenters. The summed E-state index contributed by atoms with van der Waals surface area (Å²) in [6.45, 7) is 8.00. The fourth-order valence-corrected chi connectivity index (χ4v) is 3.44. The van der Waals surface area contributed by atoms with Gasteiger partial charge in [-0.3, -0.25) is 0 Å². The van der Waals surface area contributed by atoms with Gasteiger partial charge in [-0.2, -0.15) is 0 Å². The molecule has 20 heavy (non-hydrogen) atoms. The minimum absolute atomic E-state index is 0.355. The van der Waals surface area contributed by atoms with E-state index in [0.29, 0.717) is 0 Å². The third-order valence-electron chi connectivity index (χ3n) is 4.80. The van der Waals surface area contributed by atoms with Gasteiger partial charge in [-0.15, -0.1) is 0 Å². The quantitative estimate of drug-likeness (QED) is 0.585. The van der Waals surface area contributed by atoms with Crippen molar-refractivity contribution in [2.75, 3.05) is 19.6 Å². The van der Waals surface area contributed by atoms with Crippen LogP contribution < -0.4 is 0 Å². The summed E-state index contributed by atoms with van der Waals surface area (Å²) >= 11 is 0. The number of nitrogens with zero attached hydrogens (tertiary/aromatic N) is 1. The summed E-state index contributed by atoms with van der Waals surface area (Å²) in [6.07, 6.45) is 14.8. The van der Waals surface area contributed by atoms with E-state index < -0.39 is 0 Å². The van der Waals surface area contributed by atoms with Crippen LogP contribution in [0.15, 0.2) is 0 Å². The van der Waals surface area contributed by atoms with Gasteiger partial charge in [-0.05, 0) is 45.2 Å². The lowest BCUT2D eigenvalue weighted by atomic mass is 9.88. The van der Waals surface area contributed by atoms with Crippen molar-refractivity contribution < 1.29 is 5.11 Å². The standard InChI is InChI=1S/C18H37NO/c1-3-5-6-7-8-9-10-12-18(20)13-11-16-19(15-4-2)17-14-18/h20H,3-17H2,1-2H3. The largest absolute Gasteiger partial charge is 0.390 e. The Morgan fingerprint density at radius 1 is 0.850 bits per heavy atom. The van der Waals surface area contributed by atoms with Crippen LogP contribution in [-0.2, 0) is 0 Å². The van der Waals surface area contributed by atoms with Crippen molar-refractivity contribution in [2.24, 2.45) is 0 Å². The summed E-state index contributed by atoms with van der Waals surface area (Å²) in [5.41, 5.74) is -0.355. The fraction of sp³-hybridized carbons (Fsp3) is 1.00. The van der Waals surface area contributed by atoms with Crippen molar-refractivity contribution >= 4 is 0 Å². The normalized spacial score (nSPS) is 24.8. The van der Waals surface area contributed by atoms with Crippen LogP contribution in [0.2, 0.25) is 0 Å². The maximum atomic E-state index is 10.8. The second kappa shape index (κ2) is 10.6. The van der Waals surface area contributed by atoms with Gasteiger partial charge < -0.3 is 10.0 Å². The van der Waals surface area contributed by atoms with E-state index in [1.54, 1.807) is 0 Å². The second-order valence-corrected chi connectivity index (χ2v) is 6.79. The van der Waals surface area contributed by atoms with Crippen molar-refractivity contribution in [3.05, 3.63) is 0 Å². The van der Waals surface area contributed by atoms with Crippen LogP contribution in [0, 0.1) is 0 Å². The van der Waals surface area contributed by atoms with E-state index in [9.17, 15) is 5.11 Å². The van der Waals surface area contributed by atoms with E-state index in [0.717, 1.165) is 25.8 Å². The van der Waals surface area contributed by atoms with Crippen LogP contribution >= 0.6 is 0 Å². The monoisotopic (exact) mass is 283 g/mol. The number of hydrogen-bond donors (Lipinski definition) is 1. The summed E-state index contributed by atoms with van der Waals surface area (Å²) < 4.78 is 0. The van der Waals surface area contributed by atoms with Crippen molar-refractivity contribution in [1.82, 2.24) is 4.90 Å². The summed E-state index contributed by atoms with van der Waals surface area (Å²) in [5, 5.41) is 10.8. The van der Waals surface area contributed by atoms with Gasteiger partial charge in [0.1, 0.15) is 0 Å². The Kier molecular flexibility index (Phi) is 9.54. The smallest absolute Gasteiger partial charge is 0.0660 e. The predicted molar refractivity (Wildman–Crippen MR) is 88.1 cm³/mol. The number of unbranched alkanes of at least 4 members (excludes halogenated alkanes) is 6. The van der Waals surface area contributed by atoms with Gasteiger partial charge in [-0.25, -0.2) is 0 Å². The minimum Gasteiger partial charge on any atom is -0.390 e. The van der Waals surface area contributed by atoms with Gasteiger partial charge in [0.25, 0.3) is 0 Å². The van der Waals surface area contributed by atoms with E-state index >= 15 is 0 Å². The topological polar surface area (TPSA) is 23.5 Å². The third-order valence-corrected chi connectivity index (χ3v) is 4.80. The van der Waals surface area contributed by atoms with Gasteiger partial charge in [-0.1, -0.05) is 58.8 Å². The van der Waals surface area contributed by atoms with Crippen molar-refractivity contribution in [3.63, 3.8) is 0 Å². The molecule has 0 aliphatic carbocycles. The maximum absolute atomic E-state index is 10.8. The number of rotatable bonds is 10. The Labute approximate surface area is 126 Å². The average molecular weight is 284 g/mol. The molecule has 0 aromatic rings. The van der Waals surface area contributed by atoms with Gasteiger partial charge in [0, 0.05) is 6.54 Å². The molecule has 1 aliphatic rings. The van der Waals surface area contributed by atoms with E-state index in [2.05, 4.69) is 18.7 Å². The molecule has 1 N–H and O–H groups in total. The highest BCUT2D eigenvalue weighted by Crippen LogP contribution is 2.28. The highest BCUT2D eigenvalue weighted by molar-refractivity contribution is 4.83. The molecule has 1 saturated heterocycles. The molecule has 1 fully saturated rings. The summed E-state index contributed by atoms with van der Waals surface area (Å²) in [5.74, 6) is 0. The summed E-state index contributed by atoms with van der Waals surface area (Å²) in [7, 11) is 0. The van der Waals surface area contributed by atoms with Crippen molar-refractivity contribution in [1.29, 1.82) is 0 Å². The van der Waals surface area contributed by atoms with Gasteiger partial charge in [0.15, 0.2) is 0 Å². The van der Waals surface area contributed by atoms with E-state index in [4.69, 9.17) is 0 Å². The lowest BCUT2D eigenvalue weighted by Gasteiger charge is -2.27. The molecule has 2 nitrogen and oxygen atoms in total. The zero-order valence-electron chi connectivity index (χ0n) is 14.0. The van der Waals surface area contributed by atoms with E-state index in [1.165, 1.54) is 70.9 Å². The fourth-order valence-electron chi connectivity index (χ4n) is 3.44. The molecule has 1 heterocycles. The third kappa shape index (κ3) is 7.64. The first-order valence-electron chi connectivity index (χ1n) is 9.15. The summed E-state index contributed by atoms with van der Waals surface area (Å²) in [4.78, 5) is 2.53. The van der Waals surface area contributed by atoms with Crippen LogP contribution in [0.3, 0.4) is 0 Å². The van der Waals surface area contributed by atoms with Crippen LogP contribution in [0.1, 0.15) is 90.9 Å². The Balaban J connectivity index is 2.11. The Hall–Kier alpha value is -0.0800. The molecule has 0 amide bonds. The maximum Gasteiger partial charge on any atom is 0.0660 e. The minimum atomic E-state index is -0.355. The molecular weight excluding hydrogens is 246 g/mol. The first kappa shape index (κ1) is 18.0. The zero-order valence-corrected chi connectivity index (χ0v) is 14.0. The van der Waals surface area contributed by atoms with Gasteiger partial charge in [0.2, 0.25) is 0 Å². The Bertz CT molecular complexity index is 231. The molecule has 1 aliphatic heterocycles. The first-order valence-corrected chi connectivity index (χ1v) is 9.15. The highest BCUT2D eigenvalue weighted by atomic mass is 16.3. The van der Waals surface area contributed by atoms with Gasteiger partial charge >= 0.3 is 0 Å². The van der Waals surface area contributed by atoms with E-state index in [-0.39, 0.29) is 5.60 Å². The molecular formula is C18H37NO. The highest BCUT2D eigenvalue weighted by Gasteiger charge is 2.29. The molecule has 120 valence electrons. The van der Waals surface area contributed by atoms with Crippen molar-refractivity contribution in [3.8, 4) is 0 Å². The predicted octanol–water partition coefficient (Wildman–Crippen LogP) is 4.75. The van der Waals surface area contributed by atoms with Crippen LogP contribution in [-0.4, -0.2) is 35.2 Å².